The van der Waals surface area contributed by atoms with Crippen LogP contribution in [0.25, 0.3) is 0 Å². The van der Waals surface area contributed by atoms with Gasteiger partial charge in [0.05, 0.1) is 9.89 Å². The van der Waals surface area contributed by atoms with E-state index in [0.29, 0.717) is 5.75 Å². The molecule has 1 aromatic carbocycles. The third kappa shape index (κ3) is 3.71. The van der Waals surface area contributed by atoms with Crippen LogP contribution in [0.15, 0.2) is 22.7 Å². The topological polar surface area (TPSA) is 64.3 Å². The first kappa shape index (κ1) is 14.0. The zero-order chi connectivity index (χ0) is 13.1. The van der Waals surface area contributed by atoms with Gasteiger partial charge in [-0.05, 0) is 54.4 Å². The van der Waals surface area contributed by atoms with Gasteiger partial charge >= 0.3 is 0 Å². The van der Waals surface area contributed by atoms with E-state index in [4.69, 9.17) is 10.6 Å². The Balaban J connectivity index is 2.70. The van der Waals surface area contributed by atoms with Crippen LogP contribution < -0.4 is 16.0 Å². The van der Waals surface area contributed by atoms with E-state index in [0.717, 1.165) is 10.0 Å². The van der Waals surface area contributed by atoms with Gasteiger partial charge in [0.1, 0.15) is 12.4 Å². The molecule has 0 aliphatic rings. The molecule has 0 aliphatic carbocycles. The Morgan fingerprint density at radius 2 is 2.18 bits per heavy atom. The highest BCUT2D eigenvalue weighted by Crippen LogP contribution is 2.27. The molecule has 0 aromatic heterocycles. The summed E-state index contributed by atoms with van der Waals surface area (Å²) in [7, 11) is 0. The number of ether oxygens (including phenoxy) is 1. The van der Waals surface area contributed by atoms with Crippen molar-refractivity contribution in [2.24, 2.45) is 11.3 Å². The van der Waals surface area contributed by atoms with Gasteiger partial charge in [-0.15, -0.1) is 0 Å². The molecule has 0 unspecified atom stereocenters. The number of nitrogens with one attached hydrogen (secondary N) is 1. The van der Waals surface area contributed by atoms with Crippen LogP contribution in [0, 0.1) is 12.3 Å². The average Bonchev–Trinajstić information content (AvgIpc) is 2.26. The molecule has 3 N–H and O–H groups in total. The van der Waals surface area contributed by atoms with Crippen molar-refractivity contribution in [1.82, 2.24) is 5.43 Å². The van der Waals surface area contributed by atoms with Gasteiger partial charge in [-0.3, -0.25) is 10.2 Å². The van der Waals surface area contributed by atoms with E-state index < -0.39 is 5.41 Å². The normalized spacial score (nSPS) is 11.1. The lowest BCUT2D eigenvalue weighted by atomic mass is 9.94. The molecule has 0 bridgehead atoms. The predicted octanol–water partition coefficient (Wildman–Crippen LogP) is 2.15. The monoisotopic (exact) mass is 300 g/mol. The molecule has 0 saturated carbocycles. The highest BCUT2D eigenvalue weighted by atomic mass is 79.9. The number of hydrogen-bond donors (Lipinski definition) is 2. The smallest absolute Gasteiger partial charge is 0.242 e. The molecular formula is C12H17BrN2O2. The second-order valence-electron chi connectivity index (χ2n) is 4.58. The van der Waals surface area contributed by atoms with E-state index in [1.54, 1.807) is 13.8 Å². The number of hydrogen-bond acceptors (Lipinski definition) is 3. The zero-order valence-electron chi connectivity index (χ0n) is 10.2. The van der Waals surface area contributed by atoms with Gasteiger partial charge in [0.15, 0.2) is 0 Å². The van der Waals surface area contributed by atoms with E-state index in [-0.39, 0.29) is 12.5 Å². The first-order valence-electron chi connectivity index (χ1n) is 5.27. The summed E-state index contributed by atoms with van der Waals surface area (Å²) in [6, 6.07) is 5.79. The maximum Gasteiger partial charge on any atom is 0.242 e. The Morgan fingerprint density at radius 1 is 1.53 bits per heavy atom. The molecule has 0 heterocycles. The van der Waals surface area contributed by atoms with Crippen LogP contribution in [0.5, 0.6) is 5.75 Å². The van der Waals surface area contributed by atoms with Crippen LogP contribution in [0.3, 0.4) is 0 Å². The van der Waals surface area contributed by atoms with Crippen molar-refractivity contribution < 1.29 is 9.53 Å². The molecular weight excluding hydrogens is 284 g/mol. The molecule has 5 heteroatoms. The van der Waals surface area contributed by atoms with Gasteiger partial charge < -0.3 is 4.74 Å². The Bertz CT molecular complexity index is 419. The van der Waals surface area contributed by atoms with Crippen LogP contribution in [0.4, 0.5) is 0 Å². The molecule has 1 amide bonds. The van der Waals surface area contributed by atoms with Crippen LogP contribution in [0.1, 0.15) is 19.4 Å². The summed E-state index contributed by atoms with van der Waals surface area (Å²) in [4.78, 5) is 11.5. The number of benzene rings is 1. The third-order valence-corrected chi connectivity index (χ3v) is 3.04. The lowest BCUT2D eigenvalue weighted by molar-refractivity contribution is -0.130. The van der Waals surface area contributed by atoms with Crippen molar-refractivity contribution in [2.45, 2.75) is 20.8 Å². The quantitative estimate of drug-likeness (QED) is 0.509. The van der Waals surface area contributed by atoms with Crippen molar-refractivity contribution in [2.75, 3.05) is 6.61 Å². The highest BCUT2D eigenvalue weighted by Gasteiger charge is 2.28. The number of halogens is 1. The van der Waals surface area contributed by atoms with Gasteiger partial charge in [-0.25, -0.2) is 5.84 Å². The molecule has 94 valence electrons. The average molecular weight is 301 g/mol. The first-order valence-corrected chi connectivity index (χ1v) is 6.06. The summed E-state index contributed by atoms with van der Waals surface area (Å²) in [6.07, 6.45) is 0. The van der Waals surface area contributed by atoms with Gasteiger partial charge in [-0.1, -0.05) is 6.07 Å². The fourth-order valence-corrected chi connectivity index (χ4v) is 1.85. The molecule has 1 aromatic rings. The van der Waals surface area contributed by atoms with Crippen LogP contribution in [0.2, 0.25) is 0 Å². The Labute approximate surface area is 110 Å². The number of carbonyl (C=O) groups excluding carboxylic acids is 1. The molecule has 0 aliphatic heterocycles. The van der Waals surface area contributed by atoms with Gasteiger partial charge in [-0.2, -0.15) is 0 Å². The van der Waals surface area contributed by atoms with Crippen molar-refractivity contribution in [3.05, 3.63) is 28.2 Å². The number of hydrazine groups is 1. The second-order valence-corrected chi connectivity index (χ2v) is 5.43. The largest absolute Gasteiger partial charge is 0.491 e. The van der Waals surface area contributed by atoms with Gasteiger partial charge in [0.25, 0.3) is 0 Å². The maximum absolute atomic E-state index is 11.5. The molecule has 0 atom stereocenters. The molecule has 0 saturated heterocycles. The molecule has 0 fully saturated rings. The molecule has 4 nitrogen and oxygen atoms in total. The molecule has 17 heavy (non-hydrogen) atoms. The SMILES string of the molecule is Cc1ccc(OCC(C)(C)C(=O)NN)c(Br)c1. The number of carbonyl (C=O) groups is 1. The Kier molecular flexibility index (Phi) is 4.54. The van der Waals surface area contributed by atoms with E-state index in [1.165, 1.54) is 0 Å². The van der Waals surface area contributed by atoms with Gasteiger partial charge in [0.2, 0.25) is 5.91 Å². The summed E-state index contributed by atoms with van der Waals surface area (Å²) in [5.41, 5.74) is 2.61. The van der Waals surface area contributed by atoms with Crippen LogP contribution in [-0.4, -0.2) is 12.5 Å². The van der Waals surface area contributed by atoms with Crippen LogP contribution >= 0.6 is 15.9 Å². The predicted molar refractivity (Wildman–Crippen MR) is 70.5 cm³/mol. The summed E-state index contributed by atoms with van der Waals surface area (Å²) < 4.78 is 6.49. The summed E-state index contributed by atoms with van der Waals surface area (Å²) >= 11 is 3.42. The first-order chi connectivity index (χ1) is 7.86. The van der Waals surface area contributed by atoms with E-state index in [9.17, 15) is 4.79 Å². The number of nitrogens with two attached hydrogens (primary N) is 1. The standard InChI is InChI=1S/C12H17BrN2O2/c1-8-4-5-10(9(13)6-8)17-7-12(2,3)11(16)15-14/h4-6H,7,14H2,1-3H3,(H,15,16). The summed E-state index contributed by atoms with van der Waals surface area (Å²) in [5.74, 6) is 5.58. The number of rotatable bonds is 4. The van der Waals surface area contributed by atoms with Crippen molar-refractivity contribution in [3.63, 3.8) is 0 Å². The lowest BCUT2D eigenvalue weighted by Gasteiger charge is -2.22. The fourth-order valence-electron chi connectivity index (χ4n) is 1.24. The minimum Gasteiger partial charge on any atom is -0.491 e. The van der Waals surface area contributed by atoms with E-state index in [2.05, 4.69) is 21.4 Å². The summed E-state index contributed by atoms with van der Waals surface area (Å²) in [5, 5.41) is 0. The highest BCUT2D eigenvalue weighted by molar-refractivity contribution is 9.10. The second kappa shape index (κ2) is 5.51. The van der Waals surface area contributed by atoms with Crippen molar-refractivity contribution >= 4 is 21.8 Å². The van der Waals surface area contributed by atoms with Crippen LogP contribution in [-0.2, 0) is 4.79 Å². The third-order valence-electron chi connectivity index (χ3n) is 2.42. The van der Waals surface area contributed by atoms with E-state index in [1.807, 2.05) is 25.1 Å². The lowest BCUT2D eigenvalue weighted by Crippen LogP contribution is -2.44. The minimum atomic E-state index is -0.668. The fraction of sp³-hybridized carbons (Fsp3) is 0.417. The summed E-state index contributed by atoms with van der Waals surface area (Å²) in [6.45, 7) is 5.81. The zero-order valence-corrected chi connectivity index (χ0v) is 11.8. The van der Waals surface area contributed by atoms with Crippen molar-refractivity contribution in [3.8, 4) is 5.75 Å². The Hall–Kier alpha value is -1.07. The number of aryl methyl sites for hydroxylation is 1. The Morgan fingerprint density at radius 3 is 2.71 bits per heavy atom. The molecule has 0 spiro atoms. The molecule has 0 radical (unpaired) electrons. The van der Waals surface area contributed by atoms with Gasteiger partial charge in [0, 0.05) is 0 Å². The number of amides is 1. The maximum atomic E-state index is 11.5. The van der Waals surface area contributed by atoms with E-state index >= 15 is 0 Å². The minimum absolute atomic E-state index is 0.249. The molecule has 1 rings (SSSR count). The van der Waals surface area contributed by atoms with Crippen molar-refractivity contribution in [1.29, 1.82) is 0 Å².